The number of carbonyl (C=O) groups is 1. The van der Waals surface area contributed by atoms with E-state index in [1.165, 1.54) is 0 Å². The van der Waals surface area contributed by atoms with Crippen molar-refractivity contribution in [1.29, 1.82) is 0 Å². The Morgan fingerprint density at radius 1 is 1.43 bits per heavy atom. The van der Waals surface area contributed by atoms with Crippen LogP contribution in [0.3, 0.4) is 0 Å². The summed E-state index contributed by atoms with van der Waals surface area (Å²) in [6, 6.07) is 0. The number of hydrogen-bond donors (Lipinski definition) is 0. The monoisotopic (exact) mass is 225 g/mol. The number of rotatable bonds is 2. The fraction of sp³-hybridized carbons (Fsp3) is 0.889. The number of nitrogens with zero attached hydrogens (tertiary/aromatic N) is 1. The van der Waals surface area contributed by atoms with Crippen LogP contribution in [0.5, 0.6) is 0 Å². The Labute approximate surface area is 87.2 Å². The summed E-state index contributed by atoms with van der Waals surface area (Å²) in [4.78, 5) is 12.9. The second-order valence-corrected chi connectivity index (χ2v) is 4.27. The summed E-state index contributed by atoms with van der Waals surface area (Å²) in [5.74, 6) is -0.705. The number of amides is 1. The van der Waals surface area contributed by atoms with Crippen LogP contribution in [-0.4, -0.2) is 35.7 Å². The Hall–Kier alpha value is -0.380. The molecule has 82 valence electrons. The van der Waals surface area contributed by atoms with E-state index in [0.29, 0.717) is 25.9 Å². The minimum absolute atomic E-state index is 0.153. The van der Waals surface area contributed by atoms with Crippen molar-refractivity contribution in [2.45, 2.75) is 31.6 Å². The van der Waals surface area contributed by atoms with Crippen LogP contribution in [0.25, 0.3) is 0 Å². The summed E-state index contributed by atoms with van der Waals surface area (Å²) in [5.41, 5.74) is 0. The Morgan fingerprint density at radius 3 is 2.29 bits per heavy atom. The highest BCUT2D eigenvalue weighted by atomic mass is 35.5. The van der Waals surface area contributed by atoms with Gasteiger partial charge in [-0.3, -0.25) is 4.79 Å². The summed E-state index contributed by atoms with van der Waals surface area (Å²) in [6.45, 7) is 2.42. The van der Waals surface area contributed by atoms with Gasteiger partial charge in [-0.1, -0.05) is 0 Å². The zero-order valence-corrected chi connectivity index (χ0v) is 8.81. The first-order chi connectivity index (χ1) is 6.52. The van der Waals surface area contributed by atoms with Crippen molar-refractivity contribution >= 4 is 17.5 Å². The van der Waals surface area contributed by atoms with Gasteiger partial charge in [-0.15, -0.1) is 11.6 Å². The van der Waals surface area contributed by atoms with Crippen LogP contribution in [0, 0.1) is 5.92 Å². The molecule has 1 atom stereocenters. The lowest BCUT2D eigenvalue weighted by Crippen LogP contribution is -2.42. The Kier molecular flexibility index (Phi) is 4.11. The Morgan fingerprint density at radius 2 is 1.93 bits per heavy atom. The minimum Gasteiger partial charge on any atom is -0.341 e. The Bertz CT molecular complexity index is 203. The van der Waals surface area contributed by atoms with Crippen molar-refractivity contribution in [3.8, 4) is 0 Å². The first-order valence-corrected chi connectivity index (χ1v) is 5.17. The third-order valence-electron chi connectivity index (χ3n) is 2.55. The molecule has 0 aliphatic carbocycles. The molecule has 2 nitrogen and oxygen atoms in total. The molecular weight excluding hydrogens is 212 g/mol. The van der Waals surface area contributed by atoms with Crippen molar-refractivity contribution in [2.24, 2.45) is 5.92 Å². The molecule has 5 heteroatoms. The predicted octanol–water partition coefficient (Wildman–Crippen LogP) is 2.12. The van der Waals surface area contributed by atoms with Gasteiger partial charge < -0.3 is 4.90 Å². The highest BCUT2D eigenvalue weighted by molar-refractivity contribution is 6.30. The third-order valence-corrected chi connectivity index (χ3v) is 2.73. The van der Waals surface area contributed by atoms with E-state index < -0.39 is 17.7 Å². The van der Waals surface area contributed by atoms with E-state index in [-0.39, 0.29) is 5.91 Å². The van der Waals surface area contributed by atoms with Crippen molar-refractivity contribution in [3.63, 3.8) is 0 Å². The fourth-order valence-electron chi connectivity index (χ4n) is 1.62. The molecule has 1 aliphatic heterocycles. The fourth-order valence-corrected chi connectivity index (χ4v) is 1.76. The van der Waals surface area contributed by atoms with Crippen LogP contribution in [0.1, 0.15) is 19.8 Å². The molecule has 1 saturated heterocycles. The SMILES string of the molecule is CC(Cl)C(=O)N1CCC(C(F)F)CC1. The van der Waals surface area contributed by atoms with Crippen LogP contribution in [0.15, 0.2) is 0 Å². The number of carbonyl (C=O) groups excluding carboxylic acids is 1. The molecule has 0 saturated carbocycles. The normalized spacial score (nSPS) is 21.4. The molecule has 1 fully saturated rings. The van der Waals surface area contributed by atoms with Gasteiger partial charge in [-0.25, -0.2) is 8.78 Å². The van der Waals surface area contributed by atoms with Crippen molar-refractivity contribution in [2.75, 3.05) is 13.1 Å². The molecule has 1 amide bonds. The van der Waals surface area contributed by atoms with Gasteiger partial charge in [0.25, 0.3) is 0 Å². The van der Waals surface area contributed by atoms with Gasteiger partial charge in [0.15, 0.2) is 0 Å². The lowest BCUT2D eigenvalue weighted by Gasteiger charge is -2.32. The highest BCUT2D eigenvalue weighted by Gasteiger charge is 2.29. The van der Waals surface area contributed by atoms with Gasteiger partial charge in [0.2, 0.25) is 12.3 Å². The Balaban J connectivity index is 2.39. The largest absolute Gasteiger partial charge is 0.341 e. The van der Waals surface area contributed by atoms with E-state index in [2.05, 4.69) is 0 Å². The van der Waals surface area contributed by atoms with Crippen LogP contribution >= 0.6 is 11.6 Å². The molecule has 1 aliphatic rings. The maximum absolute atomic E-state index is 12.3. The molecule has 14 heavy (non-hydrogen) atoms. The van der Waals surface area contributed by atoms with E-state index >= 15 is 0 Å². The maximum Gasteiger partial charge on any atom is 0.241 e. The summed E-state index contributed by atoms with van der Waals surface area (Å²) in [7, 11) is 0. The second kappa shape index (κ2) is 4.91. The van der Waals surface area contributed by atoms with Crippen LogP contribution in [-0.2, 0) is 4.79 Å². The van der Waals surface area contributed by atoms with Crippen molar-refractivity contribution < 1.29 is 13.6 Å². The molecule has 0 bridgehead atoms. The summed E-state index contributed by atoms with van der Waals surface area (Å²) in [5, 5.41) is -0.557. The van der Waals surface area contributed by atoms with E-state index in [1.54, 1.807) is 11.8 Å². The number of hydrogen-bond acceptors (Lipinski definition) is 1. The molecule has 1 unspecified atom stereocenters. The zero-order chi connectivity index (χ0) is 10.7. The van der Waals surface area contributed by atoms with Crippen LogP contribution in [0.4, 0.5) is 8.78 Å². The van der Waals surface area contributed by atoms with Crippen molar-refractivity contribution in [3.05, 3.63) is 0 Å². The van der Waals surface area contributed by atoms with Gasteiger partial charge in [0, 0.05) is 19.0 Å². The zero-order valence-electron chi connectivity index (χ0n) is 8.05. The van der Waals surface area contributed by atoms with Crippen molar-refractivity contribution in [1.82, 2.24) is 4.90 Å². The molecule has 0 aromatic rings. The summed E-state index contributed by atoms with van der Waals surface area (Å²) in [6.07, 6.45) is -1.50. The van der Waals surface area contributed by atoms with Gasteiger partial charge in [0.1, 0.15) is 5.38 Å². The van der Waals surface area contributed by atoms with Gasteiger partial charge >= 0.3 is 0 Å². The molecule has 0 spiro atoms. The van der Waals surface area contributed by atoms with Gasteiger partial charge in [0.05, 0.1) is 0 Å². The first kappa shape index (κ1) is 11.7. The first-order valence-electron chi connectivity index (χ1n) is 4.73. The van der Waals surface area contributed by atoms with Crippen LogP contribution < -0.4 is 0 Å². The van der Waals surface area contributed by atoms with E-state index in [1.807, 2.05) is 0 Å². The quantitative estimate of drug-likeness (QED) is 0.660. The molecule has 1 rings (SSSR count). The topological polar surface area (TPSA) is 20.3 Å². The number of alkyl halides is 3. The highest BCUT2D eigenvalue weighted by Crippen LogP contribution is 2.24. The predicted molar refractivity (Wildman–Crippen MR) is 50.6 cm³/mol. The molecule has 1 heterocycles. The second-order valence-electron chi connectivity index (χ2n) is 3.61. The lowest BCUT2D eigenvalue weighted by atomic mass is 9.97. The van der Waals surface area contributed by atoms with Gasteiger partial charge in [-0.05, 0) is 19.8 Å². The molecule has 0 radical (unpaired) electrons. The minimum atomic E-state index is -2.26. The molecule has 0 aromatic heterocycles. The smallest absolute Gasteiger partial charge is 0.241 e. The standard InChI is InChI=1S/C9H14ClF2NO/c1-6(10)9(14)13-4-2-7(3-5-13)8(11)12/h6-8H,2-5H2,1H3. The maximum atomic E-state index is 12.3. The molecule has 0 N–H and O–H groups in total. The van der Waals surface area contributed by atoms with E-state index in [0.717, 1.165) is 0 Å². The average molecular weight is 226 g/mol. The number of piperidine rings is 1. The van der Waals surface area contributed by atoms with Crippen LogP contribution in [0.2, 0.25) is 0 Å². The number of halogens is 3. The van der Waals surface area contributed by atoms with Gasteiger partial charge in [-0.2, -0.15) is 0 Å². The lowest BCUT2D eigenvalue weighted by molar-refractivity contribution is -0.132. The average Bonchev–Trinajstić information content (AvgIpc) is 2.16. The number of likely N-dealkylation sites (tertiary alicyclic amines) is 1. The molecule has 0 aromatic carbocycles. The molecular formula is C9H14ClF2NO. The van der Waals surface area contributed by atoms with E-state index in [4.69, 9.17) is 11.6 Å². The third kappa shape index (κ3) is 2.80. The van der Waals surface area contributed by atoms with E-state index in [9.17, 15) is 13.6 Å². The summed E-state index contributed by atoms with van der Waals surface area (Å²) < 4.78 is 24.6. The summed E-state index contributed by atoms with van der Waals surface area (Å²) >= 11 is 5.62.